The second kappa shape index (κ2) is 6.28. The van der Waals surface area contributed by atoms with Gasteiger partial charge in [0.2, 0.25) is 0 Å². The molecule has 0 heterocycles. The van der Waals surface area contributed by atoms with Crippen LogP contribution in [0, 0.1) is 35.0 Å². The third-order valence-electron chi connectivity index (χ3n) is 8.60. The zero-order valence-electron chi connectivity index (χ0n) is 17.0. The summed E-state index contributed by atoms with van der Waals surface area (Å²) in [6.07, 6.45) is 8.24. The van der Waals surface area contributed by atoms with Gasteiger partial charge in [-0.2, -0.15) is 0 Å². The van der Waals surface area contributed by atoms with Gasteiger partial charge < -0.3 is 4.74 Å². The van der Waals surface area contributed by atoms with Crippen molar-refractivity contribution in [2.75, 3.05) is 0 Å². The first-order chi connectivity index (χ1) is 12.7. The Bertz CT molecular complexity index is 722. The molecule has 0 N–H and O–H groups in total. The van der Waals surface area contributed by atoms with E-state index in [1.807, 2.05) is 6.08 Å². The molecule has 0 bridgehead atoms. The first-order valence-electron chi connectivity index (χ1n) is 10.6. The first-order valence-corrected chi connectivity index (χ1v) is 10.6. The van der Waals surface area contributed by atoms with E-state index in [1.54, 1.807) is 6.92 Å². The number of hydrogen-bond acceptors (Lipinski definition) is 4. The van der Waals surface area contributed by atoms with E-state index in [9.17, 15) is 14.4 Å². The van der Waals surface area contributed by atoms with Gasteiger partial charge in [-0.15, -0.1) is 0 Å². The van der Waals surface area contributed by atoms with Gasteiger partial charge in [-0.1, -0.05) is 19.4 Å². The van der Waals surface area contributed by atoms with Crippen molar-refractivity contribution in [3.63, 3.8) is 0 Å². The van der Waals surface area contributed by atoms with Gasteiger partial charge in [-0.3, -0.25) is 14.4 Å². The van der Waals surface area contributed by atoms with Crippen molar-refractivity contribution in [2.24, 2.45) is 35.0 Å². The smallest absolute Gasteiger partial charge is 0.303 e. The molecule has 0 aromatic rings. The number of allylic oxidation sites excluding steroid dienone is 1. The molecule has 27 heavy (non-hydrogen) atoms. The third-order valence-corrected chi connectivity index (χ3v) is 8.60. The minimum Gasteiger partial charge on any atom is -0.451 e. The van der Waals surface area contributed by atoms with Crippen molar-refractivity contribution in [1.29, 1.82) is 0 Å². The van der Waals surface area contributed by atoms with Gasteiger partial charge in [-0.25, -0.2) is 0 Å². The fourth-order valence-corrected chi connectivity index (χ4v) is 7.81. The summed E-state index contributed by atoms with van der Waals surface area (Å²) in [4.78, 5) is 36.6. The Hall–Kier alpha value is -1.45. The van der Waals surface area contributed by atoms with Crippen molar-refractivity contribution in [2.45, 2.75) is 78.2 Å². The highest BCUT2D eigenvalue weighted by Gasteiger charge is 2.67. The van der Waals surface area contributed by atoms with Gasteiger partial charge in [0.05, 0.1) is 0 Å². The molecule has 3 fully saturated rings. The minimum absolute atomic E-state index is 0.00741. The molecule has 0 aromatic carbocycles. The second-order valence-electron chi connectivity index (χ2n) is 9.83. The lowest BCUT2D eigenvalue weighted by Gasteiger charge is -2.58. The predicted molar refractivity (Wildman–Crippen MR) is 102 cm³/mol. The summed E-state index contributed by atoms with van der Waals surface area (Å²) < 4.78 is 5.84. The Labute approximate surface area is 162 Å². The van der Waals surface area contributed by atoms with Crippen LogP contribution in [0.2, 0.25) is 0 Å². The molecule has 0 radical (unpaired) electrons. The fraction of sp³-hybridized carbons (Fsp3) is 0.783. The van der Waals surface area contributed by atoms with Gasteiger partial charge in [0.1, 0.15) is 0 Å². The van der Waals surface area contributed by atoms with Crippen LogP contribution in [-0.4, -0.2) is 23.1 Å². The molecule has 0 spiro atoms. The van der Waals surface area contributed by atoms with E-state index in [2.05, 4.69) is 13.8 Å². The van der Waals surface area contributed by atoms with Gasteiger partial charge in [-0.05, 0) is 81.1 Å². The highest BCUT2D eigenvalue weighted by molar-refractivity contribution is 5.91. The molecular formula is C23H32O4. The summed E-state index contributed by atoms with van der Waals surface area (Å²) in [6, 6.07) is 0. The molecule has 4 aliphatic rings. The van der Waals surface area contributed by atoms with Crippen LogP contribution in [0.4, 0.5) is 0 Å². The topological polar surface area (TPSA) is 60.4 Å². The molecule has 148 valence electrons. The predicted octanol–water partition coefficient (Wildman–Crippen LogP) is 4.27. The van der Waals surface area contributed by atoms with Gasteiger partial charge in [0.15, 0.2) is 17.2 Å². The van der Waals surface area contributed by atoms with Crippen molar-refractivity contribution in [3.8, 4) is 0 Å². The summed E-state index contributed by atoms with van der Waals surface area (Å²) in [7, 11) is 0. The lowest BCUT2D eigenvalue weighted by molar-refractivity contribution is -0.189. The molecule has 0 aromatic heterocycles. The van der Waals surface area contributed by atoms with E-state index in [0.29, 0.717) is 48.2 Å². The van der Waals surface area contributed by atoms with Crippen molar-refractivity contribution >= 4 is 17.5 Å². The molecule has 4 heteroatoms. The average Bonchev–Trinajstić information content (AvgIpc) is 2.87. The van der Waals surface area contributed by atoms with E-state index in [4.69, 9.17) is 4.74 Å². The van der Waals surface area contributed by atoms with Crippen LogP contribution < -0.4 is 0 Å². The Morgan fingerprint density at radius 2 is 1.89 bits per heavy atom. The maximum Gasteiger partial charge on any atom is 0.303 e. The number of carbonyl (C=O) groups is 3. The Balaban J connectivity index is 1.71. The summed E-state index contributed by atoms with van der Waals surface area (Å²) in [6.45, 7) is 7.54. The quantitative estimate of drug-likeness (QED) is 0.679. The summed E-state index contributed by atoms with van der Waals surface area (Å²) in [5.41, 5.74) is 0.136. The van der Waals surface area contributed by atoms with E-state index in [0.717, 1.165) is 32.1 Å². The lowest BCUT2D eigenvalue weighted by Crippen LogP contribution is -2.59. The van der Waals surface area contributed by atoms with Crippen LogP contribution >= 0.6 is 0 Å². The number of fused-ring (bicyclic) bond motifs is 5. The number of rotatable bonds is 2. The van der Waals surface area contributed by atoms with E-state index >= 15 is 0 Å². The summed E-state index contributed by atoms with van der Waals surface area (Å²) >= 11 is 0. The van der Waals surface area contributed by atoms with Crippen molar-refractivity contribution < 1.29 is 19.1 Å². The number of Topliss-reactive ketones (excluding diaryl/α,β-unsaturated/α-hetero) is 1. The fourth-order valence-electron chi connectivity index (χ4n) is 7.81. The van der Waals surface area contributed by atoms with Crippen LogP contribution in [0.15, 0.2) is 11.6 Å². The molecule has 4 aliphatic carbocycles. The van der Waals surface area contributed by atoms with Gasteiger partial charge in [0, 0.05) is 18.8 Å². The number of ether oxygens (including phenoxy) is 1. The third kappa shape index (κ3) is 2.58. The number of esters is 1. The molecule has 0 saturated heterocycles. The Morgan fingerprint density at radius 3 is 2.56 bits per heavy atom. The van der Waals surface area contributed by atoms with Crippen LogP contribution in [0.5, 0.6) is 0 Å². The highest BCUT2D eigenvalue weighted by atomic mass is 16.6. The SMILES string of the molecule is CC(=O)O[C@]1(C(C)=O)CC[C@H]2C3CCC4=CC(=O)CCC4[C@H]3[C@@H](C)CC21C. The van der Waals surface area contributed by atoms with E-state index in [1.165, 1.54) is 12.5 Å². The molecule has 7 atom stereocenters. The zero-order chi connectivity index (χ0) is 19.6. The van der Waals surface area contributed by atoms with Gasteiger partial charge >= 0.3 is 5.97 Å². The largest absolute Gasteiger partial charge is 0.451 e. The maximum atomic E-state index is 12.8. The number of ketones is 2. The van der Waals surface area contributed by atoms with E-state index < -0.39 is 5.60 Å². The first kappa shape index (κ1) is 18.9. The summed E-state index contributed by atoms with van der Waals surface area (Å²) in [5, 5.41) is 0. The Kier molecular flexibility index (Phi) is 4.40. The Morgan fingerprint density at radius 1 is 1.15 bits per heavy atom. The van der Waals surface area contributed by atoms with Crippen molar-refractivity contribution in [1.82, 2.24) is 0 Å². The monoisotopic (exact) mass is 372 g/mol. The van der Waals surface area contributed by atoms with Crippen LogP contribution in [0.25, 0.3) is 0 Å². The molecule has 4 rings (SSSR count). The maximum absolute atomic E-state index is 12.8. The van der Waals surface area contributed by atoms with Crippen LogP contribution in [0.3, 0.4) is 0 Å². The minimum atomic E-state index is -0.957. The normalized spacial score (nSPS) is 46.0. The van der Waals surface area contributed by atoms with Gasteiger partial charge in [0.25, 0.3) is 0 Å². The average molecular weight is 373 g/mol. The highest BCUT2D eigenvalue weighted by Crippen LogP contribution is 2.67. The molecule has 0 amide bonds. The van der Waals surface area contributed by atoms with E-state index in [-0.39, 0.29) is 17.2 Å². The molecule has 0 aliphatic heterocycles. The lowest BCUT2D eigenvalue weighted by atomic mass is 9.47. The summed E-state index contributed by atoms with van der Waals surface area (Å²) in [5.74, 6) is 2.52. The molecule has 3 saturated carbocycles. The molecule has 3 unspecified atom stereocenters. The van der Waals surface area contributed by atoms with Crippen LogP contribution in [0.1, 0.15) is 72.6 Å². The second-order valence-corrected chi connectivity index (χ2v) is 9.83. The standard InChI is InChI=1S/C23H32O4/c1-13-12-22(4)20(9-10-23(22,14(2)24)27-15(3)25)19-7-5-16-11-17(26)6-8-18(16)21(13)19/h11,13,18-21H,5-10,12H2,1-4H3/t13-,18?,19?,20-,21+,22?,23-/m0/s1. The molecular weight excluding hydrogens is 340 g/mol. The molecule has 4 nitrogen and oxygen atoms in total. The van der Waals surface area contributed by atoms with Crippen molar-refractivity contribution in [3.05, 3.63) is 11.6 Å². The van der Waals surface area contributed by atoms with Crippen LogP contribution in [-0.2, 0) is 19.1 Å². The zero-order valence-corrected chi connectivity index (χ0v) is 17.0. The number of hydrogen-bond donors (Lipinski definition) is 0. The number of carbonyl (C=O) groups excluding carboxylic acids is 3.